The number of hydrogen-bond acceptors (Lipinski definition) is 5. The van der Waals surface area contributed by atoms with Crippen molar-refractivity contribution >= 4 is 17.0 Å². The minimum absolute atomic E-state index is 0.431. The summed E-state index contributed by atoms with van der Waals surface area (Å²) in [6.07, 6.45) is 0. The van der Waals surface area contributed by atoms with Crippen molar-refractivity contribution in [2.45, 2.75) is 13.5 Å². The normalized spacial score (nSPS) is 10.2. The SMILES string of the molecule is COc1ccc(OCc2csc(C)n2)c(N)c1. The second kappa shape index (κ2) is 5.05. The monoisotopic (exact) mass is 250 g/mol. The van der Waals surface area contributed by atoms with Gasteiger partial charge in [-0.15, -0.1) is 11.3 Å². The Morgan fingerprint density at radius 2 is 2.24 bits per heavy atom. The Morgan fingerprint density at radius 3 is 2.82 bits per heavy atom. The van der Waals surface area contributed by atoms with Gasteiger partial charge in [0.1, 0.15) is 18.1 Å². The molecule has 0 atom stereocenters. The molecule has 17 heavy (non-hydrogen) atoms. The molecule has 4 nitrogen and oxygen atoms in total. The Morgan fingerprint density at radius 1 is 1.41 bits per heavy atom. The van der Waals surface area contributed by atoms with Gasteiger partial charge in [0.05, 0.1) is 23.5 Å². The van der Waals surface area contributed by atoms with E-state index in [2.05, 4.69) is 4.98 Å². The lowest BCUT2D eigenvalue weighted by molar-refractivity contribution is 0.303. The van der Waals surface area contributed by atoms with E-state index in [-0.39, 0.29) is 0 Å². The van der Waals surface area contributed by atoms with E-state index in [9.17, 15) is 0 Å². The van der Waals surface area contributed by atoms with Crippen molar-refractivity contribution < 1.29 is 9.47 Å². The van der Waals surface area contributed by atoms with E-state index < -0.39 is 0 Å². The molecule has 0 aliphatic carbocycles. The predicted molar refractivity (Wildman–Crippen MR) is 68.6 cm³/mol. The first-order valence-corrected chi connectivity index (χ1v) is 6.04. The number of rotatable bonds is 4. The van der Waals surface area contributed by atoms with Crippen molar-refractivity contribution in [2.24, 2.45) is 0 Å². The highest BCUT2D eigenvalue weighted by Gasteiger charge is 2.04. The zero-order chi connectivity index (χ0) is 12.3. The zero-order valence-electron chi connectivity index (χ0n) is 9.77. The van der Waals surface area contributed by atoms with Gasteiger partial charge in [-0.05, 0) is 19.1 Å². The molecule has 0 amide bonds. The highest BCUT2D eigenvalue weighted by Crippen LogP contribution is 2.27. The number of ether oxygens (including phenoxy) is 2. The summed E-state index contributed by atoms with van der Waals surface area (Å²) < 4.78 is 10.7. The molecule has 0 spiro atoms. The van der Waals surface area contributed by atoms with Crippen LogP contribution in [0.2, 0.25) is 0 Å². The van der Waals surface area contributed by atoms with Crippen LogP contribution in [0.3, 0.4) is 0 Å². The molecule has 2 N–H and O–H groups in total. The Balaban J connectivity index is 2.04. The molecule has 0 saturated heterocycles. The van der Waals surface area contributed by atoms with Gasteiger partial charge in [0.15, 0.2) is 0 Å². The number of nitrogens with zero attached hydrogens (tertiary/aromatic N) is 1. The minimum Gasteiger partial charge on any atom is -0.497 e. The highest BCUT2D eigenvalue weighted by molar-refractivity contribution is 7.09. The van der Waals surface area contributed by atoms with Crippen LogP contribution < -0.4 is 15.2 Å². The first-order chi connectivity index (χ1) is 8.19. The summed E-state index contributed by atoms with van der Waals surface area (Å²) in [5, 5.41) is 3.01. The van der Waals surface area contributed by atoms with Crippen molar-refractivity contribution in [2.75, 3.05) is 12.8 Å². The third-order valence-electron chi connectivity index (χ3n) is 2.26. The number of nitrogens with two attached hydrogens (primary N) is 1. The molecule has 0 bridgehead atoms. The van der Waals surface area contributed by atoms with Gasteiger partial charge in [0.2, 0.25) is 0 Å². The number of aromatic nitrogens is 1. The smallest absolute Gasteiger partial charge is 0.143 e. The largest absolute Gasteiger partial charge is 0.497 e. The molecular formula is C12H14N2O2S. The fourth-order valence-electron chi connectivity index (χ4n) is 1.41. The minimum atomic E-state index is 0.431. The van der Waals surface area contributed by atoms with E-state index in [1.165, 1.54) is 0 Å². The molecule has 0 fully saturated rings. The number of anilines is 1. The first-order valence-electron chi connectivity index (χ1n) is 5.16. The zero-order valence-corrected chi connectivity index (χ0v) is 10.6. The lowest BCUT2D eigenvalue weighted by atomic mass is 10.3. The maximum Gasteiger partial charge on any atom is 0.143 e. The summed E-state index contributed by atoms with van der Waals surface area (Å²) in [5.41, 5.74) is 7.33. The number of methoxy groups -OCH3 is 1. The van der Waals surface area contributed by atoms with E-state index >= 15 is 0 Å². The lowest BCUT2D eigenvalue weighted by Gasteiger charge is -2.08. The molecule has 2 aromatic rings. The van der Waals surface area contributed by atoms with Crippen molar-refractivity contribution in [1.82, 2.24) is 4.98 Å². The van der Waals surface area contributed by atoms with Crippen LogP contribution in [0.25, 0.3) is 0 Å². The third kappa shape index (κ3) is 2.88. The second-order valence-corrected chi connectivity index (χ2v) is 4.61. The average Bonchev–Trinajstić information content (AvgIpc) is 2.73. The molecule has 0 aliphatic rings. The van der Waals surface area contributed by atoms with E-state index in [0.29, 0.717) is 18.0 Å². The highest BCUT2D eigenvalue weighted by atomic mass is 32.1. The summed E-state index contributed by atoms with van der Waals surface area (Å²) in [7, 11) is 1.60. The molecule has 1 heterocycles. The topological polar surface area (TPSA) is 57.4 Å². The number of benzene rings is 1. The third-order valence-corrected chi connectivity index (χ3v) is 3.08. The fraction of sp³-hybridized carbons (Fsp3) is 0.250. The van der Waals surface area contributed by atoms with E-state index in [4.69, 9.17) is 15.2 Å². The Bertz CT molecular complexity index is 511. The van der Waals surface area contributed by atoms with E-state index in [0.717, 1.165) is 16.5 Å². The molecule has 0 unspecified atom stereocenters. The standard InChI is InChI=1S/C12H14N2O2S/c1-8-14-9(7-17-8)6-16-12-4-3-10(15-2)5-11(12)13/h3-5,7H,6,13H2,1-2H3. The number of nitrogen functional groups attached to an aromatic ring is 1. The summed E-state index contributed by atoms with van der Waals surface area (Å²) in [5.74, 6) is 1.37. The summed E-state index contributed by atoms with van der Waals surface area (Å²) in [4.78, 5) is 4.32. The Kier molecular flexibility index (Phi) is 3.49. The molecule has 0 radical (unpaired) electrons. The summed E-state index contributed by atoms with van der Waals surface area (Å²) in [6.45, 7) is 2.40. The van der Waals surface area contributed by atoms with Gasteiger partial charge in [0, 0.05) is 11.4 Å². The quantitative estimate of drug-likeness (QED) is 0.847. The number of thiazole rings is 1. The van der Waals surface area contributed by atoms with Crippen molar-refractivity contribution in [3.05, 3.63) is 34.3 Å². The van der Waals surface area contributed by atoms with E-state index in [1.54, 1.807) is 30.6 Å². The summed E-state index contributed by atoms with van der Waals surface area (Å²) in [6, 6.07) is 5.35. The molecule has 0 saturated carbocycles. The van der Waals surface area contributed by atoms with Crippen LogP contribution in [-0.4, -0.2) is 12.1 Å². The predicted octanol–water partition coefficient (Wildman–Crippen LogP) is 2.62. The van der Waals surface area contributed by atoms with E-state index in [1.807, 2.05) is 18.4 Å². The van der Waals surface area contributed by atoms with Crippen LogP contribution in [-0.2, 0) is 6.61 Å². The van der Waals surface area contributed by atoms with Gasteiger partial charge in [-0.1, -0.05) is 0 Å². The fourth-order valence-corrected chi connectivity index (χ4v) is 2.01. The van der Waals surface area contributed by atoms with Crippen molar-refractivity contribution in [1.29, 1.82) is 0 Å². The summed E-state index contributed by atoms with van der Waals surface area (Å²) >= 11 is 1.61. The van der Waals surface area contributed by atoms with Crippen molar-refractivity contribution in [3.8, 4) is 11.5 Å². The van der Waals surface area contributed by atoms with Crippen LogP contribution in [0.5, 0.6) is 11.5 Å². The van der Waals surface area contributed by atoms with Gasteiger partial charge in [0.25, 0.3) is 0 Å². The van der Waals surface area contributed by atoms with Crippen LogP contribution in [0.4, 0.5) is 5.69 Å². The molecule has 0 aliphatic heterocycles. The van der Waals surface area contributed by atoms with Crippen LogP contribution in [0, 0.1) is 6.92 Å². The Labute approximate surface area is 104 Å². The molecular weight excluding hydrogens is 236 g/mol. The number of aryl methyl sites for hydroxylation is 1. The molecule has 90 valence electrons. The van der Waals surface area contributed by atoms with Gasteiger partial charge in [-0.3, -0.25) is 0 Å². The molecule has 1 aromatic carbocycles. The van der Waals surface area contributed by atoms with Gasteiger partial charge < -0.3 is 15.2 Å². The van der Waals surface area contributed by atoms with Gasteiger partial charge in [-0.2, -0.15) is 0 Å². The van der Waals surface area contributed by atoms with Gasteiger partial charge in [-0.25, -0.2) is 4.98 Å². The molecule has 2 rings (SSSR count). The Hall–Kier alpha value is -1.75. The first kappa shape index (κ1) is 11.7. The molecule has 1 aromatic heterocycles. The lowest BCUT2D eigenvalue weighted by Crippen LogP contribution is -1.99. The van der Waals surface area contributed by atoms with Gasteiger partial charge >= 0.3 is 0 Å². The maximum atomic E-state index is 5.84. The molecule has 5 heteroatoms. The van der Waals surface area contributed by atoms with Crippen molar-refractivity contribution in [3.63, 3.8) is 0 Å². The second-order valence-electron chi connectivity index (χ2n) is 3.55. The van der Waals surface area contributed by atoms with Crippen LogP contribution >= 0.6 is 11.3 Å². The van der Waals surface area contributed by atoms with Crippen LogP contribution in [0.1, 0.15) is 10.7 Å². The number of hydrogen-bond donors (Lipinski definition) is 1. The van der Waals surface area contributed by atoms with Crippen LogP contribution in [0.15, 0.2) is 23.6 Å². The maximum absolute atomic E-state index is 5.84. The average molecular weight is 250 g/mol.